The lowest BCUT2D eigenvalue weighted by atomic mass is 9.72. The van der Waals surface area contributed by atoms with Crippen molar-refractivity contribution in [2.75, 3.05) is 19.6 Å². The number of nitrogens with one attached hydrogen (secondary N) is 1. The molecule has 0 aromatic heterocycles. The van der Waals surface area contributed by atoms with Gasteiger partial charge in [-0.1, -0.05) is 19.8 Å². The molecule has 3 aliphatic rings. The van der Waals surface area contributed by atoms with E-state index in [9.17, 15) is 0 Å². The third kappa shape index (κ3) is 2.46. The van der Waals surface area contributed by atoms with E-state index >= 15 is 0 Å². The molecule has 3 rings (SSSR count). The Hall–Kier alpha value is -0.0800. The van der Waals surface area contributed by atoms with Crippen molar-refractivity contribution in [3.8, 4) is 0 Å². The second-order valence-corrected chi connectivity index (χ2v) is 6.70. The first-order valence-corrected chi connectivity index (χ1v) is 8.36. The summed E-state index contributed by atoms with van der Waals surface area (Å²) in [7, 11) is 0. The molecule has 4 unspecified atom stereocenters. The molecule has 104 valence electrons. The molecule has 2 heteroatoms. The normalized spacial score (nSPS) is 41.2. The Morgan fingerprint density at radius 2 is 1.78 bits per heavy atom. The van der Waals surface area contributed by atoms with Crippen LogP contribution in [-0.2, 0) is 0 Å². The molecule has 2 aliphatic carbocycles. The number of hydrogen-bond acceptors (Lipinski definition) is 2. The molecule has 18 heavy (non-hydrogen) atoms. The Bertz CT molecular complexity index is 264. The minimum Gasteiger partial charge on any atom is -0.317 e. The molecule has 0 aromatic rings. The highest BCUT2D eigenvalue weighted by Gasteiger charge is 2.42. The van der Waals surface area contributed by atoms with Crippen molar-refractivity contribution < 1.29 is 0 Å². The van der Waals surface area contributed by atoms with Gasteiger partial charge < -0.3 is 5.32 Å². The number of fused-ring (bicyclic) bond motifs is 1. The number of hydrogen-bond donors (Lipinski definition) is 1. The Morgan fingerprint density at radius 3 is 2.56 bits per heavy atom. The molecule has 0 amide bonds. The summed E-state index contributed by atoms with van der Waals surface area (Å²) < 4.78 is 0. The Kier molecular flexibility index (Phi) is 4.25. The topological polar surface area (TPSA) is 15.3 Å². The van der Waals surface area contributed by atoms with Gasteiger partial charge in [-0.15, -0.1) is 0 Å². The summed E-state index contributed by atoms with van der Waals surface area (Å²) in [5, 5.41) is 3.56. The van der Waals surface area contributed by atoms with Crippen molar-refractivity contribution in [3.63, 3.8) is 0 Å². The van der Waals surface area contributed by atoms with Crippen molar-refractivity contribution in [2.24, 2.45) is 11.8 Å². The number of likely N-dealkylation sites (tertiary alicyclic amines) is 1. The summed E-state index contributed by atoms with van der Waals surface area (Å²) in [6, 6.07) is 1.89. The van der Waals surface area contributed by atoms with Gasteiger partial charge in [0, 0.05) is 12.1 Å². The van der Waals surface area contributed by atoms with Crippen molar-refractivity contribution in [2.45, 2.75) is 70.4 Å². The minimum absolute atomic E-state index is 0.926. The van der Waals surface area contributed by atoms with Gasteiger partial charge in [-0.25, -0.2) is 0 Å². The smallest absolute Gasteiger partial charge is 0.0139 e. The summed E-state index contributed by atoms with van der Waals surface area (Å²) in [6.45, 7) is 6.02. The summed E-state index contributed by atoms with van der Waals surface area (Å²) in [4.78, 5) is 2.94. The first-order chi connectivity index (χ1) is 8.90. The van der Waals surface area contributed by atoms with Gasteiger partial charge in [-0.3, -0.25) is 4.90 Å². The van der Waals surface area contributed by atoms with Crippen LogP contribution in [0.2, 0.25) is 0 Å². The van der Waals surface area contributed by atoms with Crippen LogP contribution in [0.25, 0.3) is 0 Å². The predicted octanol–water partition coefficient (Wildman–Crippen LogP) is 3.03. The maximum atomic E-state index is 3.56. The van der Waals surface area contributed by atoms with Crippen molar-refractivity contribution in [3.05, 3.63) is 0 Å². The molecule has 1 saturated heterocycles. The van der Waals surface area contributed by atoms with E-state index in [1.54, 1.807) is 0 Å². The van der Waals surface area contributed by atoms with Gasteiger partial charge >= 0.3 is 0 Å². The zero-order chi connectivity index (χ0) is 12.4. The molecule has 2 saturated carbocycles. The molecule has 3 fully saturated rings. The number of rotatable bonds is 4. The van der Waals surface area contributed by atoms with E-state index in [0.717, 1.165) is 30.5 Å². The highest BCUT2D eigenvalue weighted by Crippen LogP contribution is 2.41. The second-order valence-electron chi connectivity index (χ2n) is 6.70. The molecule has 1 heterocycles. The molecule has 4 atom stereocenters. The van der Waals surface area contributed by atoms with Crippen LogP contribution in [0.1, 0.15) is 58.3 Å². The van der Waals surface area contributed by atoms with Gasteiger partial charge in [0.05, 0.1) is 0 Å². The van der Waals surface area contributed by atoms with Crippen molar-refractivity contribution in [1.29, 1.82) is 0 Å². The van der Waals surface area contributed by atoms with E-state index in [0.29, 0.717) is 0 Å². The van der Waals surface area contributed by atoms with Crippen LogP contribution < -0.4 is 5.32 Å². The molecule has 0 radical (unpaired) electrons. The van der Waals surface area contributed by atoms with Crippen LogP contribution in [0.4, 0.5) is 0 Å². The molecule has 0 spiro atoms. The Balaban J connectivity index is 1.60. The van der Waals surface area contributed by atoms with Crippen LogP contribution in [0, 0.1) is 11.8 Å². The summed E-state index contributed by atoms with van der Waals surface area (Å²) in [6.07, 6.45) is 11.9. The van der Waals surface area contributed by atoms with Crippen LogP contribution >= 0.6 is 0 Å². The lowest BCUT2D eigenvalue weighted by Crippen LogP contribution is -2.58. The van der Waals surface area contributed by atoms with Crippen LogP contribution in [0.15, 0.2) is 0 Å². The molecular formula is C16H30N2. The molecule has 2 nitrogen and oxygen atoms in total. The second kappa shape index (κ2) is 5.92. The fourth-order valence-corrected chi connectivity index (χ4v) is 4.63. The van der Waals surface area contributed by atoms with Gasteiger partial charge in [0.1, 0.15) is 0 Å². The highest BCUT2D eigenvalue weighted by atomic mass is 15.2. The quantitative estimate of drug-likeness (QED) is 0.825. The zero-order valence-corrected chi connectivity index (χ0v) is 12.0. The molecule has 0 aromatic carbocycles. The molecule has 1 N–H and O–H groups in total. The SMILES string of the molecule is CCNCC1CCC1N1CCCC2CCCCC21. The summed E-state index contributed by atoms with van der Waals surface area (Å²) >= 11 is 0. The van der Waals surface area contributed by atoms with Gasteiger partial charge in [-0.05, 0) is 70.0 Å². The van der Waals surface area contributed by atoms with E-state index in [1.807, 2.05) is 0 Å². The monoisotopic (exact) mass is 250 g/mol. The fourth-order valence-electron chi connectivity index (χ4n) is 4.63. The lowest BCUT2D eigenvalue weighted by Gasteiger charge is -2.53. The van der Waals surface area contributed by atoms with Crippen molar-refractivity contribution in [1.82, 2.24) is 10.2 Å². The number of nitrogens with zero attached hydrogens (tertiary/aromatic N) is 1. The lowest BCUT2D eigenvalue weighted by molar-refractivity contribution is -0.0316. The molecule has 0 bridgehead atoms. The third-order valence-electron chi connectivity index (χ3n) is 5.75. The number of piperidine rings is 1. The van der Waals surface area contributed by atoms with Crippen LogP contribution in [0.3, 0.4) is 0 Å². The first-order valence-electron chi connectivity index (χ1n) is 8.36. The zero-order valence-electron chi connectivity index (χ0n) is 12.0. The average Bonchev–Trinajstić information content (AvgIpc) is 2.38. The fraction of sp³-hybridized carbons (Fsp3) is 1.00. The van der Waals surface area contributed by atoms with E-state index < -0.39 is 0 Å². The summed E-state index contributed by atoms with van der Waals surface area (Å²) in [5.74, 6) is 2.00. The maximum absolute atomic E-state index is 3.56. The largest absolute Gasteiger partial charge is 0.317 e. The van der Waals surface area contributed by atoms with Gasteiger partial charge in [0.25, 0.3) is 0 Å². The summed E-state index contributed by atoms with van der Waals surface area (Å²) in [5.41, 5.74) is 0. The van der Waals surface area contributed by atoms with E-state index in [2.05, 4.69) is 17.1 Å². The van der Waals surface area contributed by atoms with Crippen LogP contribution in [0.5, 0.6) is 0 Å². The highest BCUT2D eigenvalue weighted by molar-refractivity contribution is 4.97. The van der Waals surface area contributed by atoms with Gasteiger partial charge in [0.15, 0.2) is 0 Å². The Labute approximate surface area is 113 Å². The average molecular weight is 250 g/mol. The Morgan fingerprint density at radius 1 is 0.944 bits per heavy atom. The van der Waals surface area contributed by atoms with Crippen LogP contribution in [-0.4, -0.2) is 36.6 Å². The van der Waals surface area contributed by atoms with E-state index in [4.69, 9.17) is 0 Å². The molecular weight excluding hydrogens is 220 g/mol. The minimum atomic E-state index is 0.926. The van der Waals surface area contributed by atoms with Gasteiger partial charge in [-0.2, -0.15) is 0 Å². The van der Waals surface area contributed by atoms with E-state index in [-0.39, 0.29) is 0 Å². The third-order valence-corrected chi connectivity index (χ3v) is 5.75. The standard InChI is InChI=1S/C16H30N2/c1-2-17-12-14-9-10-16(14)18-11-5-7-13-6-3-4-8-15(13)18/h13-17H,2-12H2,1H3. The maximum Gasteiger partial charge on any atom is 0.0139 e. The van der Waals surface area contributed by atoms with Gasteiger partial charge in [0.2, 0.25) is 0 Å². The van der Waals surface area contributed by atoms with E-state index in [1.165, 1.54) is 64.5 Å². The molecule has 1 aliphatic heterocycles. The predicted molar refractivity (Wildman–Crippen MR) is 76.7 cm³/mol. The first kappa shape index (κ1) is 12.9. The van der Waals surface area contributed by atoms with Crippen molar-refractivity contribution >= 4 is 0 Å².